The second kappa shape index (κ2) is 5.72. The van der Waals surface area contributed by atoms with E-state index in [4.69, 9.17) is 5.11 Å². The highest BCUT2D eigenvalue weighted by Crippen LogP contribution is 2.36. The van der Waals surface area contributed by atoms with Gasteiger partial charge in [-0.05, 0) is 54.4 Å². The number of carboxylic acid groups (broad SMARTS) is 1. The summed E-state index contributed by atoms with van der Waals surface area (Å²) in [6, 6.07) is 15.0. The van der Waals surface area contributed by atoms with E-state index < -0.39 is 5.97 Å². The first kappa shape index (κ1) is 13.9. The minimum absolute atomic E-state index is 0.163. The van der Waals surface area contributed by atoms with E-state index in [-0.39, 0.29) is 12.3 Å². The molecule has 0 radical (unpaired) electrons. The van der Waals surface area contributed by atoms with Crippen LogP contribution in [0.5, 0.6) is 0 Å². The van der Waals surface area contributed by atoms with Gasteiger partial charge in [0.1, 0.15) is 0 Å². The molecule has 0 heterocycles. The third-order valence-electron chi connectivity index (χ3n) is 4.36. The summed E-state index contributed by atoms with van der Waals surface area (Å²) < 4.78 is 0. The predicted molar refractivity (Wildman–Crippen MR) is 84.5 cm³/mol. The number of aliphatic carboxylic acids is 1. The first-order valence-corrected chi connectivity index (χ1v) is 7.55. The molecule has 1 N–H and O–H groups in total. The molecule has 21 heavy (non-hydrogen) atoms. The van der Waals surface area contributed by atoms with Crippen LogP contribution in [0.2, 0.25) is 0 Å². The Hall–Kier alpha value is -2.09. The van der Waals surface area contributed by atoms with Crippen molar-refractivity contribution in [3.63, 3.8) is 0 Å². The van der Waals surface area contributed by atoms with Crippen molar-refractivity contribution in [2.24, 2.45) is 0 Å². The van der Waals surface area contributed by atoms with Gasteiger partial charge in [0.2, 0.25) is 0 Å². The van der Waals surface area contributed by atoms with Gasteiger partial charge in [0.15, 0.2) is 0 Å². The summed E-state index contributed by atoms with van der Waals surface area (Å²) in [6.45, 7) is 2.09. The van der Waals surface area contributed by atoms with Gasteiger partial charge in [-0.15, -0.1) is 0 Å². The lowest BCUT2D eigenvalue weighted by Crippen LogP contribution is -2.13. The Labute approximate surface area is 125 Å². The van der Waals surface area contributed by atoms with Crippen LogP contribution in [0.4, 0.5) is 0 Å². The number of hydrogen-bond donors (Lipinski definition) is 1. The molecule has 3 rings (SSSR count). The first-order valence-electron chi connectivity index (χ1n) is 7.55. The van der Waals surface area contributed by atoms with Crippen molar-refractivity contribution in [1.29, 1.82) is 0 Å². The number of hydrogen-bond acceptors (Lipinski definition) is 1. The van der Waals surface area contributed by atoms with Crippen LogP contribution < -0.4 is 0 Å². The molecule has 0 bridgehead atoms. The summed E-state index contributed by atoms with van der Waals surface area (Å²) in [5.74, 6) is -0.537. The van der Waals surface area contributed by atoms with Crippen molar-refractivity contribution in [2.75, 3.05) is 0 Å². The van der Waals surface area contributed by atoms with Crippen molar-refractivity contribution in [3.8, 4) is 11.1 Å². The van der Waals surface area contributed by atoms with Gasteiger partial charge in [-0.25, -0.2) is 0 Å². The summed E-state index contributed by atoms with van der Waals surface area (Å²) in [5, 5.41) is 9.11. The molecule has 1 atom stereocenters. The van der Waals surface area contributed by atoms with Crippen molar-refractivity contribution in [1.82, 2.24) is 0 Å². The Balaban J connectivity index is 2.00. The maximum absolute atomic E-state index is 11.1. The fraction of sp³-hybridized carbons (Fsp3) is 0.316. The van der Waals surface area contributed by atoms with E-state index in [1.165, 1.54) is 27.8 Å². The topological polar surface area (TPSA) is 37.3 Å². The van der Waals surface area contributed by atoms with Crippen LogP contribution >= 0.6 is 0 Å². The molecule has 2 nitrogen and oxygen atoms in total. The van der Waals surface area contributed by atoms with Gasteiger partial charge in [0.05, 0.1) is 6.42 Å². The molecule has 0 saturated carbocycles. The first-order chi connectivity index (χ1) is 10.1. The molecule has 0 amide bonds. The molecule has 0 saturated heterocycles. The molecular weight excluding hydrogens is 260 g/mol. The Morgan fingerprint density at radius 3 is 2.76 bits per heavy atom. The zero-order valence-corrected chi connectivity index (χ0v) is 12.3. The average Bonchev–Trinajstić information content (AvgIpc) is 2.47. The number of carboxylic acids is 1. The molecule has 1 unspecified atom stereocenters. The lowest BCUT2D eigenvalue weighted by molar-refractivity contribution is -0.137. The van der Waals surface area contributed by atoms with Crippen molar-refractivity contribution in [3.05, 3.63) is 59.2 Å². The van der Waals surface area contributed by atoms with Crippen molar-refractivity contribution >= 4 is 5.97 Å². The number of fused-ring (bicyclic) bond motifs is 1. The van der Waals surface area contributed by atoms with E-state index in [0.717, 1.165) is 19.3 Å². The Bertz CT molecular complexity index is 673. The number of benzene rings is 2. The van der Waals surface area contributed by atoms with Crippen LogP contribution in [0.1, 0.15) is 41.9 Å². The van der Waals surface area contributed by atoms with Crippen LogP contribution in [-0.2, 0) is 11.2 Å². The normalized spacial score (nSPS) is 17.3. The Morgan fingerprint density at radius 1 is 1.19 bits per heavy atom. The molecule has 1 aliphatic carbocycles. The maximum atomic E-state index is 11.1. The second-order valence-corrected chi connectivity index (χ2v) is 5.97. The quantitative estimate of drug-likeness (QED) is 0.895. The van der Waals surface area contributed by atoms with Gasteiger partial charge in [0.25, 0.3) is 0 Å². The van der Waals surface area contributed by atoms with Crippen LogP contribution in [0.25, 0.3) is 11.1 Å². The molecule has 1 aliphatic rings. The minimum Gasteiger partial charge on any atom is -0.481 e. The van der Waals surface area contributed by atoms with Crippen LogP contribution in [0.15, 0.2) is 42.5 Å². The van der Waals surface area contributed by atoms with Crippen molar-refractivity contribution in [2.45, 2.75) is 38.5 Å². The van der Waals surface area contributed by atoms with E-state index >= 15 is 0 Å². The zero-order chi connectivity index (χ0) is 14.8. The lowest BCUT2D eigenvalue weighted by Gasteiger charge is -2.25. The fourth-order valence-corrected chi connectivity index (χ4v) is 3.32. The summed E-state index contributed by atoms with van der Waals surface area (Å²) in [4.78, 5) is 11.1. The molecule has 108 valence electrons. The van der Waals surface area contributed by atoms with Gasteiger partial charge in [-0.3, -0.25) is 4.79 Å². The predicted octanol–water partition coefficient (Wildman–Crippen LogP) is 4.56. The molecule has 0 aliphatic heterocycles. The molecule has 0 spiro atoms. The van der Waals surface area contributed by atoms with Gasteiger partial charge in [0, 0.05) is 0 Å². The summed E-state index contributed by atoms with van der Waals surface area (Å²) in [6.07, 6.45) is 3.38. The third kappa shape index (κ3) is 2.99. The molecule has 2 aromatic rings. The van der Waals surface area contributed by atoms with E-state index in [1.54, 1.807) is 0 Å². The standard InChI is InChI=1S/C19H20O2/c1-13-4-2-6-15(10-13)16-9-8-14-5-3-7-17(12-19(20)21)18(14)11-16/h2,4,6,8-11,17H,3,5,7,12H2,1H3,(H,20,21). The van der Waals surface area contributed by atoms with E-state index in [0.29, 0.717) is 0 Å². The van der Waals surface area contributed by atoms with E-state index in [2.05, 4.69) is 49.4 Å². The van der Waals surface area contributed by atoms with Crippen LogP contribution in [0.3, 0.4) is 0 Å². The van der Waals surface area contributed by atoms with E-state index in [9.17, 15) is 4.79 Å². The lowest BCUT2D eigenvalue weighted by atomic mass is 9.80. The number of aryl methyl sites for hydroxylation is 2. The van der Waals surface area contributed by atoms with Gasteiger partial charge in [-0.2, -0.15) is 0 Å². The zero-order valence-electron chi connectivity index (χ0n) is 12.3. The average molecular weight is 280 g/mol. The van der Waals surface area contributed by atoms with Gasteiger partial charge < -0.3 is 5.11 Å². The summed E-state index contributed by atoms with van der Waals surface area (Å²) in [7, 11) is 0. The van der Waals surface area contributed by atoms with Crippen molar-refractivity contribution < 1.29 is 9.90 Å². The van der Waals surface area contributed by atoms with Gasteiger partial charge in [-0.1, -0.05) is 48.0 Å². The SMILES string of the molecule is Cc1cccc(-c2ccc3c(c2)C(CC(=O)O)CCC3)c1. The second-order valence-electron chi connectivity index (χ2n) is 5.97. The highest BCUT2D eigenvalue weighted by molar-refractivity contribution is 5.70. The smallest absolute Gasteiger partial charge is 0.303 e. The summed E-state index contributed by atoms with van der Waals surface area (Å²) in [5.41, 5.74) is 6.20. The van der Waals surface area contributed by atoms with Gasteiger partial charge >= 0.3 is 5.97 Å². The largest absolute Gasteiger partial charge is 0.481 e. The van der Waals surface area contributed by atoms with Crippen LogP contribution in [-0.4, -0.2) is 11.1 Å². The molecule has 0 aromatic heterocycles. The molecular formula is C19H20O2. The minimum atomic E-state index is -0.700. The molecule has 2 aromatic carbocycles. The number of carbonyl (C=O) groups is 1. The highest BCUT2D eigenvalue weighted by Gasteiger charge is 2.22. The monoisotopic (exact) mass is 280 g/mol. The van der Waals surface area contributed by atoms with Crippen LogP contribution in [0, 0.1) is 6.92 Å². The van der Waals surface area contributed by atoms with E-state index in [1.807, 2.05) is 0 Å². The Morgan fingerprint density at radius 2 is 2.00 bits per heavy atom. The maximum Gasteiger partial charge on any atom is 0.303 e. The molecule has 2 heteroatoms. The molecule has 0 fully saturated rings. The highest BCUT2D eigenvalue weighted by atomic mass is 16.4. The summed E-state index contributed by atoms with van der Waals surface area (Å²) >= 11 is 0. The Kier molecular flexibility index (Phi) is 3.78. The number of rotatable bonds is 3. The fourth-order valence-electron chi connectivity index (χ4n) is 3.32. The third-order valence-corrected chi connectivity index (χ3v) is 4.36.